The quantitative estimate of drug-likeness (QED) is 0.787. The summed E-state index contributed by atoms with van der Waals surface area (Å²) in [5, 5.41) is 12.1. The van der Waals surface area contributed by atoms with Crippen molar-refractivity contribution in [1.82, 2.24) is 4.98 Å². The van der Waals surface area contributed by atoms with Crippen LogP contribution < -0.4 is 4.90 Å². The van der Waals surface area contributed by atoms with Crippen LogP contribution in [0.1, 0.15) is 28.2 Å². The van der Waals surface area contributed by atoms with Gasteiger partial charge in [-0.25, -0.2) is 9.37 Å². The number of ether oxygens (including phenoxy) is 1. The van der Waals surface area contributed by atoms with Gasteiger partial charge >= 0.3 is 0 Å². The van der Waals surface area contributed by atoms with Crippen molar-refractivity contribution in [3.63, 3.8) is 0 Å². The van der Waals surface area contributed by atoms with Gasteiger partial charge in [-0.3, -0.25) is 4.99 Å². The zero-order valence-corrected chi connectivity index (χ0v) is 15.5. The molecule has 26 heavy (non-hydrogen) atoms. The predicted octanol–water partition coefficient (Wildman–Crippen LogP) is 1.93. The van der Waals surface area contributed by atoms with Gasteiger partial charge in [0.25, 0.3) is 0 Å². The molecular weight excluding hydrogens is 351 g/mol. The highest BCUT2D eigenvalue weighted by atomic mass is 32.1. The Morgan fingerprint density at radius 3 is 2.73 bits per heavy atom. The number of nitrogens with one attached hydrogen (secondary N) is 1. The van der Waals surface area contributed by atoms with Gasteiger partial charge in [0.15, 0.2) is 0 Å². The van der Waals surface area contributed by atoms with Gasteiger partial charge in [0.2, 0.25) is 0 Å². The van der Waals surface area contributed by atoms with Crippen molar-refractivity contribution in [2.45, 2.75) is 18.9 Å². The lowest BCUT2D eigenvalue weighted by Gasteiger charge is -2.31. The third-order valence-corrected chi connectivity index (χ3v) is 5.53. The zero-order valence-electron chi connectivity index (χ0n) is 14.7. The van der Waals surface area contributed by atoms with E-state index in [1.165, 1.54) is 28.4 Å². The van der Waals surface area contributed by atoms with Crippen LogP contribution in [0.4, 0.5) is 4.39 Å². The van der Waals surface area contributed by atoms with Gasteiger partial charge in [-0.1, -0.05) is 12.1 Å². The molecule has 1 N–H and O–H groups in total. The van der Waals surface area contributed by atoms with Crippen LogP contribution in [0.2, 0.25) is 0 Å². The number of halogens is 1. The number of thiazole rings is 1. The molecule has 2 aromatic rings. The second-order valence-electron chi connectivity index (χ2n) is 6.32. The van der Waals surface area contributed by atoms with Crippen LogP contribution >= 0.6 is 11.3 Å². The number of aliphatic imine (C=N–C) groups is 1. The first-order chi connectivity index (χ1) is 12.7. The zero-order chi connectivity index (χ0) is 18.4. The molecule has 0 amide bonds. The second kappa shape index (κ2) is 8.99. The summed E-state index contributed by atoms with van der Waals surface area (Å²) in [5.74, 6) is -0.668. The summed E-state index contributed by atoms with van der Waals surface area (Å²) in [6.07, 6.45) is 1.69. The van der Waals surface area contributed by atoms with Crippen molar-refractivity contribution >= 4 is 17.6 Å². The minimum absolute atomic E-state index is 0.119. The Hall–Kier alpha value is -2.14. The minimum Gasteiger partial charge on any atom is -0.370 e. The smallest absolute Gasteiger partial charge is 0.133 e. The first-order valence-electron chi connectivity index (χ1n) is 8.66. The molecule has 0 unspecified atom stereocenters. The maximum absolute atomic E-state index is 13.3. The molecule has 5 nitrogen and oxygen atoms in total. The van der Waals surface area contributed by atoms with Crippen LogP contribution in [-0.2, 0) is 4.74 Å². The van der Waals surface area contributed by atoms with E-state index in [0.717, 1.165) is 42.6 Å². The maximum Gasteiger partial charge on any atom is 0.133 e. The summed E-state index contributed by atoms with van der Waals surface area (Å²) in [5.41, 5.74) is 1.97. The number of nitriles is 1. The molecule has 1 aliphatic heterocycles. The summed E-state index contributed by atoms with van der Waals surface area (Å²) < 4.78 is 18.7. The lowest BCUT2D eigenvalue weighted by atomic mass is 10.0. The number of rotatable bonds is 6. The fourth-order valence-electron chi connectivity index (χ4n) is 3.09. The molecule has 136 valence electrons. The topological polar surface area (TPSA) is 62.7 Å². The van der Waals surface area contributed by atoms with E-state index >= 15 is 0 Å². The molecule has 0 bridgehead atoms. The summed E-state index contributed by atoms with van der Waals surface area (Å²) >= 11 is 1.48. The molecule has 3 rings (SSSR count). The SMILES string of the molecule is Cc1csc([C@@H](C#N)C=NC[C@H](c2ccc(F)cc2)[NH+]2CCOCC2)n1. The molecule has 2 atom stereocenters. The van der Waals surface area contributed by atoms with E-state index < -0.39 is 5.92 Å². The highest BCUT2D eigenvalue weighted by molar-refractivity contribution is 7.09. The fraction of sp³-hybridized carbons (Fsp3) is 0.421. The number of aromatic nitrogens is 1. The van der Waals surface area contributed by atoms with Gasteiger partial charge in [-0.2, -0.15) is 5.26 Å². The molecule has 0 saturated carbocycles. The van der Waals surface area contributed by atoms with E-state index in [2.05, 4.69) is 16.0 Å². The number of benzene rings is 1. The average molecular weight is 373 g/mol. The Kier molecular flexibility index (Phi) is 6.45. The lowest BCUT2D eigenvalue weighted by molar-refractivity contribution is -0.937. The second-order valence-corrected chi connectivity index (χ2v) is 7.21. The first-order valence-corrected chi connectivity index (χ1v) is 9.54. The van der Waals surface area contributed by atoms with Crippen molar-refractivity contribution in [1.29, 1.82) is 5.26 Å². The summed E-state index contributed by atoms with van der Waals surface area (Å²) in [4.78, 5) is 10.3. The Bertz CT molecular complexity index is 778. The van der Waals surface area contributed by atoms with Crippen molar-refractivity contribution in [2.75, 3.05) is 32.8 Å². The number of aryl methyl sites for hydroxylation is 1. The van der Waals surface area contributed by atoms with E-state index in [1.807, 2.05) is 24.4 Å². The van der Waals surface area contributed by atoms with Gasteiger partial charge in [0.05, 0.1) is 25.8 Å². The molecule has 7 heteroatoms. The van der Waals surface area contributed by atoms with Crippen molar-refractivity contribution in [3.05, 3.63) is 51.7 Å². The molecule has 1 aromatic heterocycles. The van der Waals surface area contributed by atoms with Gasteiger partial charge in [-0.15, -0.1) is 11.3 Å². The van der Waals surface area contributed by atoms with Crippen LogP contribution in [-0.4, -0.2) is 44.0 Å². The van der Waals surface area contributed by atoms with Crippen LogP contribution in [0.3, 0.4) is 0 Å². The van der Waals surface area contributed by atoms with E-state index in [1.54, 1.807) is 6.21 Å². The highest BCUT2D eigenvalue weighted by Gasteiger charge is 2.26. The predicted molar refractivity (Wildman–Crippen MR) is 99.2 cm³/mol. The van der Waals surface area contributed by atoms with Gasteiger partial charge in [0, 0.05) is 22.9 Å². The number of morpholine rings is 1. The third-order valence-electron chi connectivity index (χ3n) is 4.48. The van der Waals surface area contributed by atoms with Crippen molar-refractivity contribution in [2.24, 2.45) is 4.99 Å². The van der Waals surface area contributed by atoms with Crippen LogP contribution in [0, 0.1) is 24.1 Å². The molecular formula is C19H22FN4OS+. The molecule has 0 spiro atoms. The van der Waals surface area contributed by atoms with Crippen LogP contribution in [0.5, 0.6) is 0 Å². The summed E-state index contributed by atoms with van der Waals surface area (Å²) in [6.45, 7) is 5.68. The van der Waals surface area contributed by atoms with E-state index in [9.17, 15) is 9.65 Å². The summed E-state index contributed by atoms with van der Waals surface area (Å²) in [6, 6.07) is 9.00. The number of nitrogens with zero attached hydrogens (tertiary/aromatic N) is 3. The van der Waals surface area contributed by atoms with Crippen LogP contribution in [0.25, 0.3) is 0 Å². The number of hydrogen-bond acceptors (Lipinski definition) is 5. The summed E-state index contributed by atoms with van der Waals surface area (Å²) in [7, 11) is 0. The molecule has 1 fully saturated rings. The number of quaternary nitrogens is 1. The minimum atomic E-state index is -0.428. The fourth-order valence-corrected chi connectivity index (χ4v) is 3.89. The largest absolute Gasteiger partial charge is 0.370 e. The van der Waals surface area contributed by atoms with Crippen molar-refractivity contribution in [3.8, 4) is 6.07 Å². The highest BCUT2D eigenvalue weighted by Crippen LogP contribution is 2.18. The molecule has 0 aliphatic carbocycles. The van der Waals surface area contributed by atoms with Crippen molar-refractivity contribution < 1.29 is 14.0 Å². The third kappa shape index (κ3) is 4.73. The molecule has 1 aromatic carbocycles. The lowest BCUT2D eigenvalue weighted by Crippen LogP contribution is -3.14. The van der Waals surface area contributed by atoms with Gasteiger partial charge in [-0.05, 0) is 19.1 Å². The Labute approximate surface area is 156 Å². The molecule has 2 heterocycles. The average Bonchev–Trinajstić information content (AvgIpc) is 3.10. The van der Waals surface area contributed by atoms with Gasteiger partial charge in [0.1, 0.15) is 35.9 Å². The van der Waals surface area contributed by atoms with E-state index in [4.69, 9.17) is 4.74 Å². The molecule has 1 aliphatic rings. The Balaban J connectivity index is 1.74. The standard InChI is InChI=1S/C19H21FN4OS/c1-14-13-26-19(23-14)16(10-21)11-22-12-18(24-6-8-25-9-7-24)15-2-4-17(20)5-3-15/h2-5,11,13,16,18H,6-9,12H2,1H3/p+1/t16-,18+/m0/s1. The molecule has 1 saturated heterocycles. The van der Waals surface area contributed by atoms with Gasteiger partial charge < -0.3 is 9.64 Å². The Morgan fingerprint density at radius 2 is 2.12 bits per heavy atom. The number of hydrogen-bond donors (Lipinski definition) is 1. The normalized spacial score (nSPS) is 17.9. The van der Waals surface area contributed by atoms with E-state index in [0.29, 0.717) is 6.54 Å². The van der Waals surface area contributed by atoms with E-state index in [-0.39, 0.29) is 11.9 Å². The first kappa shape index (κ1) is 18.6. The van der Waals surface area contributed by atoms with Crippen LogP contribution in [0.15, 0.2) is 34.6 Å². The molecule has 0 radical (unpaired) electrons. The Morgan fingerprint density at radius 1 is 1.38 bits per heavy atom. The monoisotopic (exact) mass is 373 g/mol. The maximum atomic E-state index is 13.3.